The van der Waals surface area contributed by atoms with Crippen molar-refractivity contribution < 1.29 is 17.9 Å². The normalized spacial score (nSPS) is 21.5. The van der Waals surface area contributed by atoms with E-state index >= 15 is 0 Å². The van der Waals surface area contributed by atoms with Gasteiger partial charge in [0.1, 0.15) is 5.75 Å². The number of amides is 1. The lowest BCUT2D eigenvalue weighted by atomic mass is 9.98. The lowest BCUT2D eigenvalue weighted by molar-refractivity contribution is -0.134. The molecule has 0 aromatic heterocycles. The largest absolute Gasteiger partial charge is 0.494 e. The van der Waals surface area contributed by atoms with Crippen LogP contribution in [0.25, 0.3) is 0 Å². The number of ether oxygens (including phenoxy) is 1. The number of nitrogens with two attached hydrogens (primary N) is 1. The summed E-state index contributed by atoms with van der Waals surface area (Å²) in [6, 6.07) is 6.70. The predicted octanol–water partition coefficient (Wildman–Crippen LogP) is 1.59. The molecule has 0 saturated carbocycles. The van der Waals surface area contributed by atoms with Crippen molar-refractivity contribution in [3.05, 3.63) is 24.3 Å². The average Bonchev–Trinajstić information content (AvgIpc) is 2.51. The van der Waals surface area contributed by atoms with Crippen molar-refractivity contribution in [3.63, 3.8) is 0 Å². The van der Waals surface area contributed by atoms with Gasteiger partial charge in [0, 0.05) is 31.3 Å². The zero-order chi connectivity index (χ0) is 17.7. The number of carbonyl (C=O) groups excluding carboxylic acids is 1. The van der Waals surface area contributed by atoms with Gasteiger partial charge in [-0.15, -0.1) is 0 Å². The number of hydrogen-bond donors (Lipinski definition) is 1. The van der Waals surface area contributed by atoms with E-state index in [0.717, 1.165) is 19.4 Å². The zero-order valence-corrected chi connectivity index (χ0v) is 15.1. The molecule has 0 radical (unpaired) electrons. The summed E-state index contributed by atoms with van der Waals surface area (Å²) in [7, 11) is -3.19. The van der Waals surface area contributed by atoms with E-state index in [0.29, 0.717) is 25.2 Å². The van der Waals surface area contributed by atoms with Gasteiger partial charge in [0.25, 0.3) is 0 Å². The summed E-state index contributed by atoms with van der Waals surface area (Å²) in [5.41, 5.74) is 5.92. The lowest BCUT2D eigenvalue weighted by Gasteiger charge is -2.36. The predicted molar refractivity (Wildman–Crippen MR) is 92.7 cm³/mol. The SMILES string of the molecule is CC1CC(N)CCN1C(=O)CCCOc1ccc(S(C)(=O)=O)cc1. The van der Waals surface area contributed by atoms with Gasteiger partial charge in [-0.05, 0) is 50.5 Å². The van der Waals surface area contributed by atoms with E-state index in [1.54, 1.807) is 12.1 Å². The molecule has 0 spiro atoms. The van der Waals surface area contributed by atoms with E-state index < -0.39 is 9.84 Å². The molecule has 1 aliphatic heterocycles. The maximum Gasteiger partial charge on any atom is 0.222 e. The first-order valence-corrected chi connectivity index (χ1v) is 10.1. The number of piperidine rings is 1. The Morgan fingerprint density at radius 3 is 2.58 bits per heavy atom. The van der Waals surface area contributed by atoms with Crippen LogP contribution in [0.5, 0.6) is 5.75 Å². The second-order valence-corrected chi connectivity index (χ2v) is 8.43. The maximum absolute atomic E-state index is 12.2. The average molecular weight is 354 g/mol. The highest BCUT2D eigenvalue weighted by Gasteiger charge is 2.26. The Morgan fingerprint density at radius 2 is 2.00 bits per heavy atom. The van der Waals surface area contributed by atoms with Crippen molar-refractivity contribution in [1.29, 1.82) is 0 Å². The minimum absolute atomic E-state index is 0.144. The van der Waals surface area contributed by atoms with Gasteiger partial charge in [0.2, 0.25) is 5.91 Å². The van der Waals surface area contributed by atoms with Gasteiger partial charge in [0.15, 0.2) is 9.84 Å². The summed E-state index contributed by atoms with van der Waals surface area (Å²) in [6.45, 7) is 3.19. The van der Waals surface area contributed by atoms with Crippen LogP contribution in [0.15, 0.2) is 29.2 Å². The van der Waals surface area contributed by atoms with Crippen molar-refractivity contribution >= 4 is 15.7 Å². The minimum Gasteiger partial charge on any atom is -0.494 e. The van der Waals surface area contributed by atoms with Crippen LogP contribution in [-0.4, -0.2) is 50.7 Å². The third-order valence-electron chi connectivity index (χ3n) is 4.29. The molecule has 134 valence electrons. The molecule has 0 aliphatic carbocycles. The summed E-state index contributed by atoms with van der Waals surface area (Å²) < 4.78 is 28.3. The lowest BCUT2D eigenvalue weighted by Crippen LogP contribution is -2.48. The number of benzene rings is 1. The molecule has 0 bridgehead atoms. The molecular weight excluding hydrogens is 328 g/mol. The Bertz CT molecular complexity index is 658. The molecule has 1 fully saturated rings. The first-order valence-electron chi connectivity index (χ1n) is 8.25. The van der Waals surface area contributed by atoms with Crippen LogP contribution >= 0.6 is 0 Å². The van der Waals surface area contributed by atoms with Crippen LogP contribution in [0.2, 0.25) is 0 Å². The smallest absolute Gasteiger partial charge is 0.222 e. The zero-order valence-electron chi connectivity index (χ0n) is 14.3. The Labute approximate surface area is 143 Å². The highest BCUT2D eigenvalue weighted by atomic mass is 32.2. The molecule has 1 heterocycles. The molecule has 2 rings (SSSR count). The summed E-state index contributed by atoms with van der Waals surface area (Å²) in [4.78, 5) is 14.4. The maximum atomic E-state index is 12.2. The molecule has 6 nitrogen and oxygen atoms in total. The number of hydrogen-bond acceptors (Lipinski definition) is 5. The molecule has 2 N–H and O–H groups in total. The Morgan fingerprint density at radius 1 is 1.33 bits per heavy atom. The van der Waals surface area contributed by atoms with Gasteiger partial charge in [-0.1, -0.05) is 0 Å². The molecule has 2 atom stereocenters. The molecule has 1 aromatic rings. The van der Waals surface area contributed by atoms with Crippen LogP contribution in [0.3, 0.4) is 0 Å². The van der Waals surface area contributed by atoms with Gasteiger partial charge in [-0.3, -0.25) is 4.79 Å². The number of likely N-dealkylation sites (tertiary alicyclic amines) is 1. The summed E-state index contributed by atoms with van der Waals surface area (Å²) in [6.07, 6.45) is 3.96. The van der Waals surface area contributed by atoms with Crippen molar-refractivity contribution in [2.45, 2.75) is 49.6 Å². The number of rotatable bonds is 6. The van der Waals surface area contributed by atoms with E-state index in [1.165, 1.54) is 18.4 Å². The molecular formula is C17H26N2O4S. The Kier molecular flexibility index (Phi) is 6.23. The van der Waals surface area contributed by atoms with Crippen molar-refractivity contribution in [2.75, 3.05) is 19.4 Å². The molecule has 1 amide bonds. The number of nitrogens with zero attached hydrogens (tertiary/aromatic N) is 1. The molecule has 7 heteroatoms. The Balaban J connectivity index is 1.74. The molecule has 1 saturated heterocycles. The summed E-state index contributed by atoms with van der Waals surface area (Å²) >= 11 is 0. The van der Waals surface area contributed by atoms with Gasteiger partial charge < -0.3 is 15.4 Å². The van der Waals surface area contributed by atoms with Crippen LogP contribution in [0, 0.1) is 0 Å². The second kappa shape index (κ2) is 7.98. The fraction of sp³-hybridized carbons (Fsp3) is 0.588. The summed E-state index contributed by atoms with van der Waals surface area (Å²) in [5.74, 6) is 0.748. The third-order valence-corrected chi connectivity index (χ3v) is 5.42. The molecule has 1 aromatic carbocycles. The fourth-order valence-electron chi connectivity index (χ4n) is 2.92. The van der Waals surface area contributed by atoms with E-state index in [1.807, 2.05) is 11.8 Å². The van der Waals surface area contributed by atoms with Gasteiger partial charge >= 0.3 is 0 Å². The second-order valence-electron chi connectivity index (χ2n) is 6.42. The molecule has 2 unspecified atom stereocenters. The van der Waals surface area contributed by atoms with Crippen molar-refractivity contribution in [2.24, 2.45) is 5.73 Å². The fourth-order valence-corrected chi connectivity index (χ4v) is 3.55. The van der Waals surface area contributed by atoms with Crippen LogP contribution < -0.4 is 10.5 Å². The van der Waals surface area contributed by atoms with Crippen molar-refractivity contribution in [3.8, 4) is 5.75 Å². The van der Waals surface area contributed by atoms with E-state index in [4.69, 9.17) is 10.5 Å². The summed E-state index contributed by atoms with van der Waals surface area (Å²) in [5, 5.41) is 0. The van der Waals surface area contributed by atoms with E-state index in [9.17, 15) is 13.2 Å². The standard InChI is InChI=1S/C17H26N2O4S/c1-13-12-14(18)9-10-19(13)17(20)4-3-11-23-15-5-7-16(8-6-15)24(2,21)22/h5-8,13-14H,3-4,9-12,18H2,1-2H3. The quantitative estimate of drug-likeness (QED) is 0.784. The van der Waals surface area contributed by atoms with Crippen LogP contribution in [-0.2, 0) is 14.6 Å². The molecule has 24 heavy (non-hydrogen) atoms. The van der Waals surface area contributed by atoms with E-state index in [-0.39, 0.29) is 22.9 Å². The Hall–Kier alpha value is -1.60. The van der Waals surface area contributed by atoms with Crippen LogP contribution in [0.1, 0.15) is 32.6 Å². The topological polar surface area (TPSA) is 89.7 Å². The van der Waals surface area contributed by atoms with Gasteiger partial charge in [0.05, 0.1) is 11.5 Å². The van der Waals surface area contributed by atoms with E-state index in [2.05, 4.69) is 0 Å². The van der Waals surface area contributed by atoms with Gasteiger partial charge in [-0.25, -0.2) is 8.42 Å². The highest BCUT2D eigenvalue weighted by Crippen LogP contribution is 2.18. The van der Waals surface area contributed by atoms with Crippen LogP contribution in [0.4, 0.5) is 0 Å². The third kappa shape index (κ3) is 5.21. The monoisotopic (exact) mass is 354 g/mol. The molecule has 1 aliphatic rings. The first kappa shape index (κ1) is 18.7. The minimum atomic E-state index is -3.19. The van der Waals surface area contributed by atoms with Crippen molar-refractivity contribution in [1.82, 2.24) is 4.90 Å². The first-order chi connectivity index (χ1) is 11.3. The van der Waals surface area contributed by atoms with Gasteiger partial charge in [-0.2, -0.15) is 0 Å². The highest BCUT2D eigenvalue weighted by molar-refractivity contribution is 7.90. The number of carbonyl (C=O) groups is 1. The number of sulfone groups is 1.